The average molecular weight is 314 g/mol. The van der Waals surface area contributed by atoms with E-state index in [4.69, 9.17) is 5.11 Å². The molecule has 0 heterocycles. The van der Waals surface area contributed by atoms with Crippen molar-refractivity contribution >= 4 is 23.4 Å². The number of hydrogen-bond acceptors (Lipinski definition) is 3. The molecule has 0 radical (unpaired) electrons. The molecule has 0 unspecified atom stereocenters. The van der Waals surface area contributed by atoms with E-state index in [1.54, 1.807) is 48.5 Å². The number of carboxylic acids is 1. The zero-order valence-corrected chi connectivity index (χ0v) is 12.6. The molecule has 6 nitrogen and oxygen atoms in total. The summed E-state index contributed by atoms with van der Waals surface area (Å²) in [6.07, 6.45) is -1.22. The average Bonchev–Trinajstić information content (AvgIpc) is 2.54. The van der Waals surface area contributed by atoms with E-state index in [0.717, 1.165) is 0 Å². The van der Waals surface area contributed by atoms with E-state index in [9.17, 15) is 14.7 Å². The summed E-state index contributed by atoms with van der Waals surface area (Å²) in [7, 11) is 0. The van der Waals surface area contributed by atoms with E-state index in [2.05, 4.69) is 5.32 Å². The Labute approximate surface area is 134 Å². The standard InChI is InChI=1S/C17H18N2O4/c1-12(20)15(16(21)22)18-17(23)19(13-8-4-2-5-9-13)14-10-6-3-7-11-14/h2-12,15,20H,1H3,(H,18,23)(H,21,22)/t12-,15-/m0/s1. The van der Waals surface area contributed by atoms with E-state index < -0.39 is 24.1 Å². The topological polar surface area (TPSA) is 89.9 Å². The Bertz CT molecular complexity index is 619. The van der Waals surface area contributed by atoms with Gasteiger partial charge < -0.3 is 15.5 Å². The molecule has 0 fully saturated rings. The molecule has 120 valence electrons. The van der Waals surface area contributed by atoms with Gasteiger partial charge >= 0.3 is 12.0 Å². The normalized spacial score (nSPS) is 13.0. The third kappa shape index (κ3) is 4.08. The van der Waals surface area contributed by atoms with Crippen molar-refractivity contribution in [2.75, 3.05) is 4.90 Å². The zero-order chi connectivity index (χ0) is 16.8. The van der Waals surface area contributed by atoms with Crippen molar-refractivity contribution in [3.05, 3.63) is 60.7 Å². The van der Waals surface area contributed by atoms with Crippen LogP contribution >= 0.6 is 0 Å². The van der Waals surface area contributed by atoms with Gasteiger partial charge in [-0.05, 0) is 31.2 Å². The minimum atomic E-state index is -1.39. The second kappa shape index (κ2) is 7.42. The minimum absolute atomic E-state index is 0.589. The number of aliphatic carboxylic acids is 1. The second-order valence-electron chi connectivity index (χ2n) is 5.01. The lowest BCUT2D eigenvalue weighted by Crippen LogP contribution is -2.51. The second-order valence-corrected chi connectivity index (χ2v) is 5.01. The number of aliphatic hydroxyl groups excluding tert-OH is 1. The van der Waals surface area contributed by atoms with Gasteiger partial charge in [-0.3, -0.25) is 4.90 Å². The molecule has 3 N–H and O–H groups in total. The Morgan fingerprint density at radius 1 is 0.957 bits per heavy atom. The van der Waals surface area contributed by atoms with Gasteiger partial charge in [0.1, 0.15) is 0 Å². The molecule has 2 amide bonds. The summed E-state index contributed by atoms with van der Waals surface area (Å²) in [5, 5.41) is 21.0. The minimum Gasteiger partial charge on any atom is -0.480 e. The van der Waals surface area contributed by atoms with Crippen molar-refractivity contribution in [2.24, 2.45) is 0 Å². The molecule has 23 heavy (non-hydrogen) atoms. The lowest BCUT2D eigenvalue weighted by molar-refractivity contribution is -0.141. The van der Waals surface area contributed by atoms with Crippen molar-refractivity contribution < 1.29 is 19.8 Å². The van der Waals surface area contributed by atoms with Gasteiger partial charge in [0, 0.05) is 0 Å². The number of para-hydroxylation sites is 2. The third-order valence-corrected chi connectivity index (χ3v) is 3.26. The van der Waals surface area contributed by atoms with E-state index in [1.807, 2.05) is 12.1 Å². The molecular formula is C17H18N2O4. The number of urea groups is 1. The number of hydrogen-bond donors (Lipinski definition) is 3. The van der Waals surface area contributed by atoms with Gasteiger partial charge in [-0.2, -0.15) is 0 Å². The predicted molar refractivity (Wildman–Crippen MR) is 86.7 cm³/mol. The predicted octanol–water partition coefficient (Wildman–Crippen LogP) is 2.37. The first-order valence-corrected chi connectivity index (χ1v) is 7.12. The van der Waals surface area contributed by atoms with Crippen LogP contribution in [-0.2, 0) is 4.79 Å². The zero-order valence-electron chi connectivity index (χ0n) is 12.6. The molecular weight excluding hydrogens is 296 g/mol. The molecule has 2 rings (SSSR count). The number of rotatable bonds is 5. The molecule has 0 aliphatic carbocycles. The fourth-order valence-corrected chi connectivity index (χ4v) is 2.12. The summed E-state index contributed by atoms with van der Waals surface area (Å²) in [4.78, 5) is 25.1. The number of carboxylic acid groups (broad SMARTS) is 1. The van der Waals surface area contributed by atoms with Crippen molar-refractivity contribution in [1.29, 1.82) is 0 Å². The molecule has 0 saturated heterocycles. The number of nitrogens with zero attached hydrogens (tertiary/aromatic N) is 1. The highest BCUT2D eigenvalue weighted by atomic mass is 16.4. The maximum atomic E-state index is 12.6. The van der Waals surface area contributed by atoms with Crippen molar-refractivity contribution in [1.82, 2.24) is 5.32 Å². The van der Waals surface area contributed by atoms with E-state index in [0.29, 0.717) is 11.4 Å². The van der Waals surface area contributed by atoms with Crippen molar-refractivity contribution in [2.45, 2.75) is 19.1 Å². The van der Waals surface area contributed by atoms with E-state index in [-0.39, 0.29) is 0 Å². The summed E-state index contributed by atoms with van der Waals surface area (Å²) < 4.78 is 0. The Hall–Kier alpha value is -2.86. The van der Waals surface area contributed by atoms with Gasteiger partial charge in [-0.25, -0.2) is 9.59 Å². The number of benzene rings is 2. The van der Waals surface area contributed by atoms with Crippen LogP contribution in [0.3, 0.4) is 0 Å². The SMILES string of the molecule is C[C@H](O)[C@H](NC(=O)N(c1ccccc1)c1ccccc1)C(=O)O. The molecule has 2 aromatic rings. The van der Waals surface area contributed by atoms with Gasteiger partial charge in [0.2, 0.25) is 0 Å². The quantitative estimate of drug-likeness (QED) is 0.790. The first-order chi connectivity index (χ1) is 11.0. The monoisotopic (exact) mass is 314 g/mol. The molecule has 2 atom stereocenters. The smallest absolute Gasteiger partial charge is 0.328 e. The van der Waals surface area contributed by atoms with Crippen LogP contribution in [0, 0.1) is 0 Å². The largest absolute Gasteiger partial charge is 0.480 e. The molecule has 0 aromatic heterocycles. The van der Waals surface area contributed by atoms with Gasteiger partial charge in [0.25, 0.3) is 0 Å². The Kier molecular flexibility index (Phi) is 5.32. The molecule has 0 aliphatic heterocycles. The maximum absolute atomic E-state index is 12.6. The molecule has 0 aliphatic rings. The first kappa shape index (κ1) is 16.5. The third-order valence-electron chi connectivity index (χ3n) is 3.26. The number of anilines is 2. The number of nitrogens with one attached hydrogen (secondary N) is 1. The highest BCUT2D eigenvalue weighted by Crippen LogP contribution is 2.25. The molecule has 0 spiro atoms. The van der Waals surface area contributed by atoms with Crippen LogP contribution in [0.1, 0.15) is 6.92 Å². The summed E-state index contributed by atoms with van der Waals surface area (Å²) in [6, 6.07) is 15.7. The van der Waals surface area contributed by atoms with Crippen molar-refractivity contribution in [3.8, 4) is 0 Å². The lowest BCUT2D eigenvalue weighted by Gasteiger charge is -2.26. The Morgan fingerprint density at radius 2 is 1.39 bits per heavy atom. The highest BCUT2D eigenvalue weighted by Gasteiger charge is 2.28. The first-order valence-electron chi connectivity index (χ1n) is 7.12. The van der Waals surface area contributed by atoms with Crippen LogP contribution in [0.5, 0.6) is 0 Å². The van der Waals surface area contributed by atoms with Gasteiger partial charge in [-0.15, -0.1) is 0 Å². The van der Waals surface area contributed by atoms with Crippen LogP contribution in [0.25, 0.3) is 0 Å². The van der Waals surface area contributed by atoms with Crippen molar-refractivity contribution in [3.63, 3.8) is 0 Å². The number of carbonyl (C=O) groups is 2. The fraction of sp³-hybridized carbons (Fsp3) is 0.176. The summed E-state index contributed by atoms with van der Waals surface area (Å²) >= 11 is 0. The van der Waals surface area contributed by atoms with Crippen LogP contribution in [0.15, 0.2) is 60.7 Å². The molecule has 0 saturated carbocycles. The van der Waals surface area contributed by atoms with Gasteiger partial charge in [0.15, 0.2) is 6.04 Å². The Morgan fingerprint density at radius 3 is 1.74 bits per heavy atom. The number of amides is 2. The lowest BCUT2D eigenvalue weighted by atomic mass is 10.2. The van der Waals surface area contributed by atoms with Crippen LogP contribution < -0.4 is 10.2 Å². The van der Waals surface area contributed by atoms with Crippen LogP contribution in [0.4, 0.5) is 16.2 Å². The summed E-state index contributed by atoms with van der Waals surface area (Å²) in [5.74, 6) is -1.30. The van der Waals surface area contributed by atoms with Gasteiger partial charge in [0.05, 0.1) is 17.5 Å². The van der Waals surface area contributed by atoms with Gasteiger partial charge in [-0.1, -0.05) is 36.4 Å². The van der Waals surface area contributed by atoms with E-state index in [1.165, 1.54) is 11.8 Å². The van der Waals surface area contributed by atoms with Crippen LogP contribution in [-0.4, -0.2) is 34.4 Å². The number of aliphatic hydroxyl groups is 1. The molecule has 2 aromatic carbocycles. The summed E-state index contributed by atoms with van der Waals surface area (Å²) in [5.41, 5.74) is 1.18. The Balaban J connectivity index is 2.34. The van der Waals surface area contributed by atoms with E-state index >= 15 is 0 Å². The molecule has 0 bridgehead atoms. The molecule has 6 heteroatoms. The summed E-state index contributed by atoms with van der Waals surface area (Å²) in [6.45, 7) is 1.31. The highest BCUT2D eigenvalue weighted by molar-refractivity contribution is 6.00. The van der Waals surface area contributed by atoms with Crippen LogP contribution in [0.2, 0.25) is 0 Å². The number of carbonyl (C=O) groups excluding carboxylic acids is 1. The maximum Gasteiger partial charge on any atom is 0.328 e. The fourth-order valence-electron chi connectivity index (χ4n) is 2.12.